The smallest absolute Gasteiger partial charge is 0.407 e. The summed E-state index contributed by atoms with van der Waals surface area (Å²) in [4.78, 5) is 76.0. The molecule has 0 spiro atoms. The van der Waals surface area contributed by atoms with Crippen LogP contribution < -0.4 is 21.7 Å². The van der Waals surface area contributed by atoms with Crippen molar-refractivity contribution in [1.82, 2.24) is 16.0 Å². The molecule has 590 valence electrons. The van der Waals surface area contributed by atoms with Crippen LogP contribution >= 0.6 is 0 Å². The van der Waals surface area contributed by atoms with Crippen LogP contribution in [0.25, 0.3) is 0 Å². The van der Waals surface area contributed by atoms with Crippen LogP contribution in [-0.2, 0) is 94.9 Å². The quantitative estimate of drug-likeness (QED) is 0.0249. The Morgan fingerprint density at radius 1 is 0.333 bits per heavy atom. The number of alkyl carbamates (subject to hydrolysis) is 1. The van der Waals surface area contributed by atoms with E-state index in [-0.39, 0.29) is 208 Å². The number of hydrogen-bond acceptors (Lipinski definition) is 25. The van der Waals surface area contributed by atoms with Gasteiger partial charge in [-0.2, -0.15) is 0 Å². The number of carbonyl (C=O) groups is 6. The van der Waals surface area contributed by atoms with Gasteiger partial charge in [0.15, 0.2) is 18.9 Å². The molecule has 5 N–H and O–H groups in total. The molecule has 28 heteroatoms. The van der Waals surface area contributed by atoms with Crippen molar-refractivity contribution in [2.75, 3.05) is 172 Å². The fraction of sp³-hybridized carbons (Fsp3) is 0.688. The van der Waals surface area contributed by atoms with Gasteiger partial charge < -0.3 is 107 Å². The Hall–Kier alpha value is -6.32. The maximum Gasteiger partial charge on any atom is 0.407 e. The van der Waals surface area contributed by atoms with E-state index in [1.165, 1.54) is 0 Å². The van der Waals surface area contributed by atoms with Crippen LogP contribution in [0.15, 0.2) is 91.0 Å². The third-order valence-electron chi connectivity index (χ3n) is 19.6. The molecule has 3 aliphatic heterocycles. The van der Waals surface area contributed by atoms with Gasteiger partial charge in [-0.25, -0.2) is 19.2 Å². The van der Waals surface area contributed by atoms with Crippen molar-refractivity contribution in [2.45, 2.75) is 118 Å². The van der Waals surface area contributed by atoms with Gasteiger partial charge in [0.2, 0.25) is 11.8 Å². The molecule has 3 saturated heterocycles. The molecule has 0 bridgehead atoms. The van der Waals surface area contributed by atoms with Gasteiger partial charge in [-0.05, 0) is 71.9 Å². The van der Waals surface area contributed by atoms with Gasteiger partial charge in [-0.1, -0.05) is 117 Å². The van der Waals surface area contributed by atoms with Crippen LogP contribution in [0.4, 0.5) is 4.79 Å². The summed E-state index contributed by atoms with van der Waals surface area (Å²) in [6, 6.07) is 26.5. The number of nitrogens with one attached hydrogen (secondary N) is 3. The number of esters is 3. The van der Waals surface area contributed by atoms with Gasteiger partial charge in [-0.3, -0.25) is 9.59 Å². The molecule has 28 nitrogen and oxygen atoms in total. The van der Waals surface area contributed by atoms with Crippen LogP contribution in [0.1, 0.15) is 106 Å². The zero-order valence-electron chi connectivity index (χ0n) is 63.0. The summed E-state index contributed by atoms with van der Waals surface area (Å²) in [5, 5.41) is 8.23. The van der Waals surface area contributed by atoms with E-state index in [4.69, 9.17) is 91.0 Å². The summed E-state index contributed by atoms with van der Waals surface area (Å²) >= 11 is 0. The van der Waals surface area contributed by atoms with E-state index in [1.807, 2.05) is 18.2 Å². The fourth-order valence-electron chi connectivity index (χ4n) is 11.9. The first kappa shape index (κ1) is 87.6. The lowest BCUT2D eigenvalue weighted by molar-refractivity contribution is -0.256. The van der Waals surface area contributed by atoms with Crippen LogP contribution in [0.5, 0.6) is 0 Å². The van der Waals surface area contributed by atoms with Crippen molar-refractivity contribution in [3.8, 4) is 0 Å². The Bertz CT molecular complexity index is 2780. The van der Waals surface area contributed by atoms with Crippen LogP contribution in [-0.4, -0.2) is 250 Å². The third-order valence-corrected chi connectivity index (χ3v) is 19.6. The van der Waals surface area contributed by atoms with Crippen LogP contribution in [0.3, 0.4) is 0 Å². The van der Waals surface area contributed by atoms with Crippen LogP contribution in [0.2, 0.25) is 0 Å². The van der Waals surface area contributed by atoms with Crippen molar-refractivity contribution in [3.05, 3.63) is 108 Å². The first-order chi connectivity index (χ1) is 50.7. The number of ether oxygens (including phenoxy) is 18. The summed E-state index contributed by atoms with van der Waals surface area (Å²) in [6.45, 7) is 23.5. The molecular weight excluding hydrogens is 1360 g/mol. The van der Waals surface area contributed by atoms with E-state index in [0.29, 0.717) is 76.2 Å². The summed E-state index contributed by atoms with van der Waals surface area (Å²) in [7, 11) is 0. The SMILES string of the molecule is CC1[C@@H](OCCOCCOCCNC(=O)CCOCC(N)(COCCC(=O)NCCOCCOCCO[C@H]2OC(COC(=O)c3ccccc3)[C@@H](C)[C@H](C)C2C)COC(=O)NCCOCCOCCO[C@H]2OC(COC(=O)c3ccccc3)[C@@H](C)[C@H](C)C2C)OC(COC(=O)c2ccccc2)[C@@H](C)[C@@H]1C. The monoisotopic (exact) mass is 1480 g/mol. The Labute approximate surface area is 619 Å². The van der Waals surface area contributed by atoms with E-state index in [0.717, 1.165) is 0 Å². The second-order valence-corrected chi connectivity index (χ2v) is 27.2. The van der Waals surface area contributed by atoms with E-state index in [2.05, 4.69) is 78.3 Å². The number of hydrogen-bond donors (Lipinski definition) is 4. The van der Waals surface area contributed by atoms with Gasteiger partial charge in [0.05, 0.1) is 166 Å². The topological polar surface area (TPSA) is 331 Å². The highest BCUT2D eigenvalue weighted by Crippen LogP contribution is 2.38. The Morgan fingerprint density at radius 2 is 0.619 bits per heavy atom. The minimum absolute atomic E-state index is 0.00619. The van der Waals surface area contributed by atoms with Gasteiger partial charge in [0.1, 0.15) is 26.4 Å². The molecule has 3 amide bonds. The van der Waals surface area contributed by atoms with Crippen LogP contribution in [0, 0.1) is 53.3 Å². The van der Waals surface area contributed by atoms with Crippen molar-refractivity contribution < 1.29 is 114 Å². The van der Waals surface area contributed by atoms with Gasteiger partial charge in [-0.15, -0.1) is 0 Å². The Balaban J connectivity index is 0.811. The Morgan fingerprint density at radius 3 is 0.933 bits per heavy atom. The lowest BCUT2D eigenvalue weighted by Crippen LogP contribution is -2.54. The highest BCUT2D eigenvalue weighted by Gasteiger charge is 2.43. The average molecular weight is 1480 g/mol. The molecule has 0 aliphatic carbocycles. The number of nitrogens with two attached hydrogens (primary N) is 1. The molecule has 0 radical (unpaired) electrons. The number of benzene rings is 3. The lowest BCUT2D eigenvalue weighted by Gasteiger charge is -2.43. The second kappa shape index (κ2) is 49.6. The molecule has 6 unspecified atom stereocenters. The predicted molar refractivity (Wildman–Crippen MR) is 385 cm³/mol. The highest BCUT2D eigenvalue weighted by atomic mass is 16.7. The minimum Gasteiger partial charge on any atom is -0.459 e. The molecule has 105 heavy (non-hydrogen) atoms. The standard InChI is InChI=1S/C77H118N4O24/c1-53-56(4)65(47-99-70(84)62-19-13-10-14-20-62)103-73(59(53)7)96-44-41-91-38-35-88-32-27-79-68(82)25-30-94-50-77(78,52-102-76(87)81-29-34-90-37-40-93-43-46-98-75-61(9)55(3)58(6)67(105-75)49-101-72(86)64-23-17-12-18-24-64)51-95-31-26-69(83)80-28-33-89-36-39-92-42-45-97-74-60(8)54(2)57(5)66(104-74)48-100-71(85)63-21-15-11-16-22-63/h10-24,53-61,65-67,73-75H,25-52,78H2,1-9H3,(H,79,82)(H,80,83)(H,81,87)/t53-,54-,55-,56-,57-,58-,59?,60?,61?,65?,66?,67?,73-,74-,75-,77?/m0/s1. The first-order valence-corrected chi connectivity index (χ1v) is 37.1. The van der Waals surface area contributed by atoms with Crippen molar-refractivity contribution in [3.63, 3.8) is 0 Å². The second-order valence-electron chi connectivity index (χ2n) is 27.2. The highest BCUT2D eigenvalue weighted by molar-refractivity contribution is 5.90. The minimum atomic E-state index is -1.37. The van der Waals surface area contributed by atoms with Gasteiger partial charge >= 0.3 is 24.0 Å². The largest absolute Gasteiger partial charge is 0.459 e. The summed E-state index contributed by atoms with van der Waals surface area (Å²) in [6.07, 6.45) is -3.15. The normalized spacial score (nSPS) is 25.1. The molecule has 3 heterocycles. The van der Waals surface area contributed by atoms with E-state index in [1.54, 1.807) is 72.8 Å². The first-order valence-electron chi connectivity index (χ1n) is 37.1. The summed E-state index contributed by atoms with van der Waals surface area (Å²) in [5.41, 5.74) is 6.79. The van der Waals surface area contributed by atoms with E-state index in [9.17, 15) is 28.8 Å². The Kier molecular flexibility index (Phi) is 41.4. The van der Waals surface area contributed by atoms with Gasteiger partial charge in [0.25, 0.3) is 0 Å². The van der Waals surface area contributed by atoms with E-state index >= 15 is 0 Å². The molecule has 3 aromatic rings. The molecule has 15 atom stereocenters. The average Bonchev–Trinajstić information content (AvgIpc) is 0.838. The maximum absolute atomic E-state index is 12.9. The van der Waals surface area contributed by atoms with Crippen molar-refractivity contribution >= 4 is 35.8 Å². The van der Waals surface area contributed by atoms with Crippen molar-refractivity contribution in [2.24, 2.45) is 59.0 Å². The molecule has 3 aliphatic rings. The summed E-state index contributed by atoms with van der Waals surface area (Å²) < 4.78 is 105. The number of amides is 3. The molecule has 3 aromatic carbocycles. The maximum atomic E-state index is 12.9. The molecule has 3 fully saturated rings. The van der Waals surface area contributed by atoms with Gasteiger partial charge in [0, 0.05) is 50.2 Å². The lowest BCUT2D eigenvalue weighted by atomic mass is 9.79. The molecule has 6 rings (SSSR count). The fourth-order valence-corrected chi connectivity index (χ4v) is 11.9. The van der Waals surface area contributed by atoms with E-state index < -0.39 is 48.4 Å². The molecular formula is C77H118N4O24. The third kappa shape index (κ3) is 32.6. The predicted octanol–water partition coefficient (Wildman–Crippen LogP) is 7.08. The number of carbonyl (C=O) groups excluding carboxylic acids is 6. The van der Waals surface area contributed by atoms with Crippen molar-refractivity contribution in [1.29, 1.82) is 0 Å². The molecule has 0 saturated carbocycles. The summed E-state index contributed by atoms with van der Waals surface area (Å²) in [5.74, 6) is -0.180. The zero-order valence-corrected chi connectivity index (χ0v) is 63.0. The zero-order chi connectivity index (χ0) is 75.6. The number of rotatable bonds is 51. The molecule has 0 aromatic heterocycles.